The maximum Gasteiger partial charge on any atom is 0.255 e. The van der Waals surface area contributed by atoms with Gasteiger partial charge in [0.25, 0.3) is 5.56 Å². The SMILES string of the molecule is CC1(C)CN(CC2(c3ccccc3)OCCCO2)c2nc(-c3ccncc3)cc(=O)n2C1. The van der Waals surface area contributed by atoms with E-state index in [2.05, 4.69) is 23.7 Å². The fraction of sp³-hybridized carbons (Fsp3) is 0.400. The first-order valence-electron chi connectivity index (χ1n) is 11.1. The van der Waals surface area contributed by atoms with E-state index in [9.17, 15) is 4.79 Å². The van der Waals surface area contributed by atoms with E-state index in [1.165, 1.54) is 0 Å². The molecule has 0 spiro atoms. The summed E-state index contributed by atoms with van der Waals surface area (Å²) >= 11 is 0. The van der Waals surface area contributed by atoms with Gasteiger partial charge >= 0.3 is 0 Å². The van der Waals surface area contributed by atoms with E-state index in [-0.39, 0.29) is 11.0 Å². The number of fused-ring (bicyclic) bond motifs is 1. The first-order valence-corrected chi connectivity index (χ1v) is 11.1. The van der Waals surface area contributed by atoms with Crippen LogP contribution in [0.25, 0.3) is 11.3 Å². The minimum atomic E-state index is -0.901. The number of aromatic nitrogens is 3. The smallest absolute Gasteiger partial charge is 0.255 e. The van der Waals surface area contributed by atoms with E-state index in [1.54, 1.807) is 23.0 Å². The third kappa shape index (κ3) is 3.94. The molecule has 0 amide bonds. The fourth-order valence-electron chi connectivity index (χ4n) is 4.61. The zero-order chi connectivity index (χ0) is 22.2. The highest BCUT2D eigenvalue weighted by atomic mass is 16.7. The van der Waals surface area contributed by atoms with Gasteiger partial charge in [-0.2, -0.15) is 0 Å². The normalized spacial score (nSPS) is 19.4. The molecular formula is C25H28N4O3. The molecule has 0 bridgehead atoms. The van der Waals surface area contributed by atoms with E-state index in [0.717, 1.165) is 24.1 Å². The lowest BCUT2D eigenvalue weighted by Gasteiger charge is -2.46. The first-order chi connectivity index (χ1) is 15.5. The predicted octanol–water partition coefficient (Wildman–Crippen LogP) is 3.44. The average molecular weight is 433 g/mol. The van der Waals surface area contributed by atoms with E-state index in [4.69, 9.17) is 14.5 Å². The van der Waals surface area contributed by atoms with Gasteiger partial charge in [0.15, 0.2) is 0 Å². The van der Waals surface area contributed by atoms with Crippen LogP contribution in [0.15, 0.2) is 65.7 Å². The van der Waals surface area contributed by atoms with Gasteiger partial charge in [-0.15, -0.1) is 0 Å². The minimum Gasteiger partial charge on any atom is -0.344 e. The Morgan fingerprint density at radius 2 is 1.72 bits per heavy atom. The fourth-order valence-corrected chi connectivity index (χ4v) is 4.61. The molecule has 1 fully saturated rings. The molecule has 0 atom stereocenters. The predicted molar refractivity (Wildman–Crippen MR) is 122 cm³/mol. The zero-order valence-electron chi connectivity index (χ0n) is 18.5. The van der Waals surface area contributed by atoms with Crippen molar-refractivity contribution in [3.63, 3.8) is 0 Å². The lowest BCUT2D eigenvalue weighted by molar-refractivity contribution is -0.270. The van der Waals surface area contributed by atoms with Crippen LogP contribution < -0.4 is 10.5 Å². The Morgan fingerprint density at radius 1 is 1.00 bits per heavy atom. The second kappa shape index (κ2) is 8.15. The number of ether oxygens (including phenoxy) is 2. The number of rotatable bonds is 4. The van der Waals surface area contributed by atoms with Gasteiger partial charge in [-0.3, -0.25) is 14.3 Å². The van der Waals surface area contributed by atoms with Gasteiger partial charge in [0.2, 0.25) is 11.7 Å². The molecule has 0 radical (unpaired) electrons. The Kier molecular flexibility index (Phi) is 5.31. The van der Waals surface area contributed by atoms with Gasteiger partial charge in [-0.05, 0) is 18.6 Å². The highest BCUT2D eigenvalue weighted by Crippen LogP contribution is 2.37. The molecule has 0 N–H and O–H groups in total. The Morgan fingerprint density at radius 3 is 2.44 bits per heavy atom. The third-order valence-electron chi connectivity index (χ3n) is 6.02. The average Bonchev–Trinajstić information content (AvgIpc) is 2.81. The Labute approximate surface area is 187 Å². The zero-order valence-corrected chi connectivity index (χ0v) is 18.5. The molecule has 0 saturated carbocycles. The Hall–Kier alpha value is -3.03. The largest absolute Gasteiger partial charge is 0.344 e. The second-order valence-electron chi connectivity index (χ2n) is 9.29. The summed E-state index contributed by atoms with van der Waals surface area (Å²) in [6.07, 6.45) is 4.28. The number of nitrogens with zero attached hydrogens (tertiary/aromatic N) is 4. The molecule has 2 aliphatic rings. The van der Waals surface area contributed by atoms with Gasteiger partial charge in [-0.1, -0.05) is 44.2 Å². The summed E-state index contributed by atoms with van der Waals surface area (Å²) in [5.74, 6) is -0.251. The van der Waals surface area contributed by atoms with Crippen molar-refractivity contribution in [3.8, 4) is 11.3 Å². The molecule has 1 aromatic carbocycles. The lowest BCUT2D eigenvalue weighted by Crippen LogP contribution is -2.54. The molecule has 0 unspecified atom stereocenters. The summed E-state index contributed by atoms with van der Waals surface area (Å²) in [4.78, 5) is 24.3. The lowest BCUT2D eigenvalue weighted by atomic mass is 9.90. The molecule has 166 valence electrons. The van der Waals surface area contributed by atoms with Crippen molar-refractivity contribution in [3.05, 3.63) is 76.8 Å². The molecule has 0 aliphatic carbocycles. The van der Waals surface area contributed by atoms with Crippen molar-refractivity contribution in [1.29, 1.82) is 0 Å². The molecule has 32 heavy (non-hydrogen) atoms. The Balaban J connectivity index is 1.60. The van der Waals surface area contributed by atoms with Gasteiger partial charge in [0, 0.05) is 48.1 Å². The van der Waals surface area contributed by atoms with Crippen LogP contribution in [0.4, 0.5) is 5.95 Å². The molecule has 2 aromatic heterocycles. The van der Waals surface area contributed by atoms with Gasteiger partial charge in [-0.25, -0.2) is 4.98 Å². The number of anilines is 1. The number of hydrogen-bond donors (Lipinski definition) is 0. The summed E-state index contributed by atoms with van der Waals surface area (Å²) in [5.41, 5.74) is 2.32. The standard InChI is InChI=1S/C25H28N4O3/c1-24(2)16-28(18-25(31-13-6-14-32-25)20-7-4-3-5-8-20)23-27-21(15-22(30)29(23)17-24)19-9-11-26-12-10-19/h3-5,7-12,15H,6,13-14,16-18H2,1-2H3. The first kappa shape index (κ1) is 20.8. The molecular weight excluding hydrogens is 404 g/mol. The monoisotopic (exact) mass is 432 g/mol. The van der Waals surface area contributed by atoms with Crippen molar-refractivity contribution >= 4 is 5.95 Å². The van der Waals surface area contributed by atoms with E-state index in [0.29, 0.717) is 37.9 Å². The van der Waals surface area contributed by atoms with Crippen LogP contribution in [0, 0.1) is 5.41 Å². The molecule has 2 aliphatic heterocycles. The molecule has 1 saturated heterocycles. The summed E-state index contributed by atoms with van der Waals surface area (Å²) < 4.78 is 14.4. The highest BCUT2D eigenvalue weighted by Gasteiger charge is 2.42. The molecule has 7 heteroatoms. The van der Waals surface area contributed by atoms with Crippen LogP contribution in [0.1, 0.15) is 25.8 Å². The van der Waals surface area contributed by atoms with Gasteiger partial charge in [0.05, 0.1) is 25.5 Å². The minimum absolute atomic E-state index is 0.0566. The summed E-state index contributed by atoms with van der Waals surface area (Å²) in [6, 6.07) is 15.4. The summed E-state index contributed by atoms with van der Waals surface area (Å²) in [7, 11) is 0. The van der Waals surface area contributed by atoms with E-state index < -0.39 is 5.79 Å². The van der Waals surface area contributed by atoms with Crippen molar-refractivity contribution in [2.45, 2.75) is 32.6 Å². The van der Waals surface area contributed by atoms with Crippen LogP contribution in [0.3, 0.4) is 0 Å². The van der Waals surface area contributed by atoms with E-state index in [1.807, 2.05) is 42.5 Å². The topological polar surface area (TPSA) is 69.5 Å². The van der Waals surface area contributed by atoms with Crippen LogP contribution in [-0.4, -0.2) is 40.8 Å². The van der Waals surface area contributed by atoms with Crippen LogP contribution in [0.2, 0.25) is 0 Å². The Bertz CT molecular complexity index is 1140. The van der Waals surface area contributed by atoms with Crippen molar-refractivity contribution in [2.24, 2.45) is 5.41 Å². The van der Waals surface area contributed by atoms with Crippen LogP contribution in [0.5, 0.6) is 0 Å². The van der Waals surface area contributed by atoms with Crippen LogP contribution in [-0.2, 0) is 21.8 Å². The van der Waals surface area contributed by atoms with E-state index >= 15 is 0 Å². The number of hydrogen-bond acceptors (Lipinski definition) is 6. The number of benzene rings is 1. The molecule has 4 heterocycles. The third-order valence-corrected chi connectivity index (χ3v) is 6.02. The maximum absolute atomic E-state index is 13.2. The highest BCUT2D eigenvalue weighted by molar-refractivity contribution is 5.59. The van der Waals surface area contributed by atoms with Crippen molar-refractivity contribution < 1.29 is 9.47 Å². The quantitative estimate of drug-likeness (QED) is 0.629. The van der Waals surface area contributed by atoms with Crippen LogP contribution >= 0.6 is 0 Å². The van der Waals surface area contributed by atoms with Gasteiger partial charge in [0.1, 0.15) is 0 Å². The van der Waals surface area contributed by atoms with Crippen molar-refractivity contribution in [1.82, 2.24) is 14.5 Å². The summed E-state index contributed by atoms with van der Waals surface area (Å²) in [6.45, 7) is 7.40. The molecule has 3 aromatic rings. The maximum atomic E-state index is 13.2. The van der Waals surface area contributed by atoms with Crippen molar-refractivity contribution in [2.75, 3.05) is 31.2 Å². The number of pyridine rings is 1. The molecule has 5 rings (SSSR count). The van der Waals surface area contributed by atoms with Gasteiger partial charge < -0.3 is 14.4 Å². The summed E-state index contributed by atoms with van der Waals surface area (Å²) in [5, 5.41) is 0. The molecule has 7 nitrogen and oxygen atoms in total. The second-order valence-corrected chi connectivity index (χ2v) is 9.29.